The maximum absolute atomic E-state index is 9.63. The first-order chi connectivity index (χ1) is 3.31. The first-order valence-electron chi connectivity index (χ1n) is 1.75. The summed E-state index contributed by atoms with van der Waals surface area (Å²) in [6.45, 7) is 1.51. The lowest BCUT2D eigenvalue weighted by Crippen LogP contribution is -1.70. The van der Waals surface area contributed by atoms with Crippen LogP contribution in [0.5, 0.6) is 0 Å². The summed E-state index contributed by atoms with van der Waals surface area (Å²) in [5, 5.41) is 2.36. The summed E-state index contributed by atoms with van der Waals surface area (Å²) in [4.78, 5) is 18.9. The third kappa shape index (κ3) is 2.82. The number of hydrogen-bond acceptors (Lipinski definition) is 3. The number of nitrogens with zero attached hydrogens (tertiary/aromatic N) is 1. The maximum atomic E-state index is 9.63. The molecule has 0 rings (SSSR count). The van der Waals surface area contributed by atoms with Crippen LogP contribution in [0.25, 0.3) is 0 Å². The molecule has 7 heavy (non-hydrogen) atoms. The lowest BCUT2D eigenvalue weighted by Gasteiger charge is -1.72. The molecule has 0 unspecified atom stereocenters. The summed E-state index contributed by atoms with van der Waals surface area (Å²) in [5.74, 6) is 0. The number of carbonyl (C=O) groups is 1. The molecule has 0 amide bonds. The minimum absolute atomic E-state index is 0.343. The van der Waals surface area contributed by atoms with Crippen LogP contribution in [0.2, 0.25) is 0 Å². The highest BCUT2D eigenvalue weighted by molar-refractivity contribution is 5.71. The molecule has 3 heteroatoms. The molecule has 3 nitrogen and oxygen atoms in total. The normalized spacial score (nSPS) is 10.7. The Bertz CT molecular complexity index is 106. The maximum Gasteiger partial charge on any atom is 0.147 e. The van der Waals surface area contributed by atoms with Gasteiger partial charge < -0.3 is 0 Å². The van der Waals surface area contributed by atoms with Gasteiger partial charge in [-0.15, -0.1) is 4.91 Å². The second-order valence-electron chi connectivity index (χ2n) is 1.10. The minimum Gasteiger partial charge on any atom is -0.298 e. The Morgan fingerprint density at radius 1 is 1.71 bits per heavy atom. The van der Waals surface area contributed by atoms with Gasteiger partial charge in [-0.25, -0.2) is 0 Å². The molecule has 0 aliphatic heterocycles. The van der Waals surface area contributed by atoms with Gasteiger partial charge in [-0.3, -0.25) is 4.79 Å². The summed E-state index contributed by atoms with van der Waals surface area (Å²) in [6, 6.07) is 0. The molecule has 0 aromatic heterocycles. The highest BCUT2D eigenvalue weighted by Crippen LogP contribution is 1.83. The number of carbonyl (C=O) groups excluding carboxylic acids is 1. The van der Waals surface area contributed by atoms with Crippen LogP contribution in [0.1, 0.15) is 6.92 Å². The van der Waals surface area contributed by atoms with E-state index in [1.807, 2.05) is 0 Å². The van der Waals surface area contributed by atoms with Crippen LogP contribution in [-0.4, -0.2) is 6.29 Å². The fourth-order valence-corrected chi connectivity index (χ4v) is 0.114. The van der Waals surface area contributed by atoms with Gasteiger partial charge in [0, 0.05) is 5.57 Å². The van der Waals surface area contributed by atoms with Gasteiger partial charge in [-0.05, 0) is 12.1 Å². The van der Waals surface area contributed by atoms with Crippen molar-refractivity contribution >= 4 is 6.29 Å². The van der Waals surface area contributed by atoms with E-state index < -0.39 is 0 Å². The van der Waals surface area contributed by atoms with Crippen molar-refractivity contribution in [1.29, 1.82) is 0 Å². The van der Waals surface area contributed by atoms with Gasteiger partial charge in [0.2, 0.25) is 0 Å². The van der Waals surface area contributed by atoms with Gasteiger partial charge in [0.25, 0.3) is 0 Å². The molecule has 0 saturated carbocycles. The van der Waals surface area contributed by atoms with Crippen molar-refractivity contribution in [3.8, 4) is 0 Å². The first kappa shape index (κ1) is 6.01. The SMILES string of the molecule is CC(C=O)=CN=O. The van der Waals surface area contributed by atoms with Gasteiger partial charge >= 0.3 is 0 Å². The third-order valence-electron chi connectivity index (χ3n) is 0.442. The zero-order chi connectivity index (χ0) is 5.70. The summed E-state index contributed by atoms with van der Waals surface area (Å²) in [7, 11) is 0. The predicted octanol–water partition coefficient (Wildman–Crippen LogP) is 0.856. The van der Waals surface area contributed by atoms with Crippen molar-refractivity contribution in [3.63, 3.8) is 0 Å². The predicted molar refractivity (Wildman–Crippen MR) is 25.6 cm³/mol. The topological polar surface area (TPSA) is 46.5 Å². The second kappa shape index (κ2) is 3.21. The Balaban J connectivity index is 3.72. The van der Waals surface area contributed by atoms with Crippen LogP contribution >= 0.6 is 0 Å². The van der Waals surface area contributed by atoms with E-state index >= 15 is 0 Å². The molecule has 0 heterocycles. The first-order valence-corrected chi connectivity index (χ1v) is 1.75. The zero-order valence-corrected chi connectivity index (χ0v) is 3.92. The number of hydrogen-bond donors (Lipinski definition) is 0. The Morgan fingerprint density at radius 2 is 2.29 bits per heavy atom. The van der Waals surface area contributed by atoms with Crippen LogP contribution in [0.3, 0.4) is 0 Å². The van der Waals surface area contributed by atoms with E-state index in [-0.39, 0.29) is 0 Å². The Labute approximate surface area is 41.0 Å². The molecule has 0 atom stereocenters. The number of aldehydes is 1. The van der Waals surface area contributed by atoms with Crippen molar-refractivity contribution in [2.75, 3.05) is 0 Å². The van der Waals surface area contributed by atoms with Gasteiger partial charge in [0.1, 0.15) is 6.29 Å². The lowest BCUT2D eigenvalue weighted by atomic mass is 10.4. The van der Waals surface area contributed by atoms with Crippen molar-refractivity contribution in [2.45, 2.75) is 6.92 Å². The smallest absolute Gasteiger partial charge is 0.147 e. The van der Waals surface area contributed by atoms with Crippen LogP contribution < -0.4 is 0 Å². The van der Waals surface area contributed by atoms with Gasteiger partial charge in [-0.2, -0.15) is 0 Å². The van der Waals surface area contributed by atoms with Gasteiger partial charge in [0.05, 0.1) is 6.20 Å². The molecule has 0 radical (unpaired) electrons. The van der Waals surface area contributed by atoms with Gasteiger partial charge in [0.15, 0.2) is 0 Å². The summed E-state index contributed by atoms with van der Waals surface area (Å²) < 4.78 is 0. The molecule has 0 aliphatic carbocycles. The molecule has 38 valence electrons. The highest BCUT2D eigenvalue weighted by atomic mass is 16.2. The van der Waals surface area contributed by atoms with Crippen LogP contribution in [0.15, 0.2) is 16.9 Å². The molecular formula is C4H5NO2. The number of nitroso groups, excluding NO2 is 1. The highest BCUT2D eigenvalue weighted by Gasteiger charge is 1.77. The van der Waals surface area contributed by atoms with E-state index in [1.165, 1.54) is 6.92 Å². The van der Waals surface area contributed by atoms with E-state index in [2.05, 4.69) is 5.18 Å². The monoisotopic (exact) mass is 99.0 g/mol. The minimum atomic E-state index is 0.343. The Hall–Kier alpha value is -0.990. The van der Waals surface area contributed by atoms with E-state index in [1.54, 1.807) is 0 Å². The summed E-state index contributed by atoms with van der Waals surface area (Å²) in [5.41, 5.74) is 0.343. The van der Waals surface area contributed by atoms with Crippen LogP contribution in [0, 0.1) is 4.91 Å². The van der Waals surface area contributed by atoms with Crippen molar-refractivity contribution in [3.05, 3.63) is 16.7 Å². The molecule has 0 bridgehead atoms. The zero-order valence-electron chi connectivity index (χ0n) is 3.92. The molecule has 0 aromatic carbocycles. The molecular weight excluding hydrogens is 94.0 g/mol. The lowest BCUT2D eigenvalue weighted by molar-refractivity contribution is -0.104. The summed E-state index contributed by atoms with van der Waals surface area (Å²) in [6.07, 6.45) is 1.54. The largest absolute Gasteiger partial charge is 0.298 e. The van der Waals surface area contributed by atoms with Crippen LogP contribution in [-0.2, 0) is 4.79 Å². The average molecular weight is 99.1 g/mol. The Morgan fingerprint density at radius 3 is 2.43 bits per heavy atom. The van der Waals surface area contributed by atoms with E-state index in [9.17, 15) is 9.70 Å². The fraction of sp³-hybridized carbons (Fsp3) is 0.250. The number of allylic oxidation sites excluding steroid dienone is 1. The molecule has 0 saturated heterocycles. The molecule has 0 aliphatic rings. The van der Waals surface area contributed by atoms with Crippen molar-refractivity contribution in [2.24, 2.45) is 5.18 Å². The molecule has 0 spiro atoms. The quantitative estimate of drug-likeness (QED) is 0.293. The standard InChI is InChI=1S/C4H5NO2/c1-4(3-6)2-5-7/h2-3H,1H3. The van der Waals surface area contributed by atoms with E-state index in [4.69, 9.17) is 0 Å². The number of rotatable bonds is 2. The fourth-order valence-electron chi connectivity index (χ4n) is 0.114. The van der Waals surface area contributed by atoms with E-state index in [0.717, 1.165) is 6.20 Å². The van der Waals surface area contributed by atoms with E-state index in [0.29, 0.717) is 11.9 Å². The molecule has 0 aromatic rings. The van der Waals surface area contributed by atoms with Gasteiger partial charge in [-0.1, -0.05) is 0 Å². The second-order valence-corrected chi connectivity index (χ2v) is 1.10. The summed E-state index contributed by atoms with van der Waals surface area (Å²) >= 11 is 0. The van der Waals surface area contributed by atoms with Crippen molar-refractivity contribution < 1.29 is 4.79 Å². The van der Waals surface area contributed by atoms with Crippen molar-refractivity contribution in [1.82, 2.24) is 0 Å². The average Bonchev–Trinajstić information content (AvgIpc) is 1.68. The third-order valence-corrected chi connectivity index (χ3v) is 0.442. The van der Waals surface area contributed by atoms with Crippen LogP contribution in [0.4, 0.5) is 0 Å². The molecule has 0 fully saturated rings. The molecule has 0 N–H and O–H groups in total. The Kier molecular flexibility index (Phi) is 2.76.